The number of anilines is 1. The Hall–Kier alpha value is -2.74. The Morgan fingerprint density at radius 1 is 1.13 bits per heavy atom. The molecule has 0 spiro atoms. The van der Waals surface area contributed by atoms with E-state index < -0.39 is 22.2 Å². The summed E-state index contributed by atoms with van der Waals surface area (Å²) in [6, 6.07) is 10.5. The van der Waals surface area contributed by atoms with Gasteiger partial charge in [-0.2, -0.15) is 4.31 Å². The number of carbonyl (C=O) groups is 2. The summed E-state index contributed by atoms with van der Waals surface area (Å²) >= 11 is 5.98. The summed E-state index contributed by atoms with van der Waals surface area (Å²) in [6.45, 7) is 6.74. The van der Waals surface area contributed by atoms with Crippen LogP contribution >= 0.6 is 11.6 Å². The highest BCUT2D eigenvalue weighted by Gasteiger charge is 2.32. The fraction of sp³-hybridized carbons (Fsp3) is 0.588. The predicted octanol–water partition coefficient (Wildman–Crippen LogP) is 4.74. The summed E-state index contributed by atoms with van der Waals surface area (Å²) in [7, 11) is 1.58. The third-order valence-corrected chi connectivity index (χ3v) is 10.4. The van der Waals surface area contributed by atoms with Crippen molar-refractivity contribution in [1.29, 1.82) is 0 Å². The number of hydrogen-bond acceptors (Lipinski definition) is 8. The average Bonchev–Trinajstić information content (AvgIpc) is 3.02. The minimum Gasteiger partial charge on any atom is -0.490 e. The first kappa shape index (κ1) is 38.7. The average molecular weight is 695 g/mol. The van der Waals surface area contributed by atoms with E-state index in [-0.39, 0.29) is 54.0 Å². The van der Waals surface area contributed by atoms with Gasteiger partial charge < -0.3 is 29.7 Å². The maximum atomic E-state index is 14.3. The largest absolute Gasteiger partial charge is 0.490 e. The standard InChI is InChI=1S/C34H51ClN4O7S/c1-24-21-39(25(2)23-40)34(42)30-20-28(36-33(41)11-9-18-37(4)5)14-17-31(30)46-26(3)10-7-8-19-45-32(24)22-38(6)47(43,44)29-15-12-27(35)13-16-29/h12-17,20,24-26,32,40H,7-11,18-19,21-23H2,1-6H3,(H,36,41)/t24-,25-,26+,32-/m0/s1. The van der Waals surface area contributed by atoms with Crippen molar-refractivity contribution in [2.45, 2.75) is 76.0 Å². The Morgan fingerprint density at radius 3 is 2.49 bits per heavy atom. The summed E-state index contributed by atoms with van der Waals surface area (Å²) < 4.78 is 40.7. The molecule has 3 rings (SSSR count). The van der Waals surface area contributed by atoms with E-state index in [1.807, 2.05) is 32.8 Å². The number of nitrogens with one attached hydrogen (secondary N) is 1. The zero-order chi connectivity index (χ0) is 34.7. The number of carbonyl (C=O) groups excluding carboxylic acids is 2. The molecule has 47 heavy (non-hydrogen) atoms. The lowest BCUT2D eigenvalue weighted by Crippen LogP contribution is -2.48. The summed E-state index contributed by atoms with van der Waals surface area (Å²) in [5.41, 5.74) is 0.747. The predicted molar refractivity (Wildman–Crippen MR) is 185 cm³/mol. The number of likely N-dealkylation sites (N-methyl/N-ethyl adjacent to an activating group) is 1. The van der Waals surface area contributed by atoms with Gasteiger partial charge in [0.25, 0.3) is 5.91 Å². The van der Waals surface area contributed by atoms with Crippen molar-refractivity contribution in [3.8, 4) is 5.75 Å². The van der Waals surface area contributed by atoms with E-state index in [4.69, 9.17) is 21.1 Å². The Morgan fingerprint density at radius 2 is 1.83 bits per heavy atom. The van der Waals surface area contributed by atoms with Crippen LogP contribution in [-0.2, 0) is 19.6 Å². The van der Waals surface area contributed by atoms with Crippen LogP contribution in [0.1, 0.15) is 63.2 Å². The number of aliphatic hydroxyl groups excluding tert-OH is 1. The number of hydrogen-bond donors (Lipinski definition) is 2. The molecule has 13 heteroatoms. The zero-order valence-electron chi connectivity index (χ0n) is 28.4. The van der Waals surface area contributed by atoms with Crippen LogP contribution in [0.2, 0.25) is 5.02 Å². The molecule has 262 valence electrons. The Balaban J connectivity index is 1.92. The van der Waals surface area contributed by atoms with Gasteiger partial charge in [0.15, 0.2) is 0 Å². The first-order valence-electron chi connectivity index (χ1n) is 16.2. The van der Waals surface area contributed by atoms with E-state index in [0.29, 0.717) is 42.3 Å². The van der Waals surface area contributed by atoms with E-state index >= 15 is 0 Å². The quantitative estimate of drug-likeness (QED) is 0.346. The van der Waals surface area contributed by atoms with Gasteiger partial charge in [-0.3, -0.25) is 9.59 Å². The van der Waals surface area contributed by atoms with E-state index in [1.165, 1.54) is 35.6 Å². The van der Waals surface area contributed by atoms with Crippen LogP contribution in [0.15, 0.2) is 47.4 Å². The lowest BCUT2D eigenvalue weighted by Gasteiger charge is -2.35. The van der Waals surface area contributed by atoms with Gasteiger partial charge in [0, 0.05) is 49.8 Å². The van der Waals surface area contributed by atoms with Crippen LogP contribution in [-0.4, -0.2) is 112 Å². The molecule has 2 aromatic rings. The molecule has 1 aliphatic heterocycles. The molecule has 2 amide bonds. The summed E-state index contributed by atoms with van der Waals surface area (Å²) in [4.78, 5) is 30.7. The number of sulfonamides is 1. The van der Waals surface area contributed by atoms with Crippen LogP contribution in [0.25, 0.3) is 0 Å². The summed E-state index contributed by atoms with van der Waals surface area (Å²) in [5, 5.41) is 13.5. The number of nitrogens with zero attached hydrogens (tertiary/aromatic N) is 3. The third kappa shape index (κ3) is 11.4. The van der Waals surface area contributed by atoms with Gasteiger partial charge in [0.1, 0.15) is 5.75 Å². The number of fused-ring (bicyclic) bond motifs is 1. The van der Waals surface area contributed by atoms with Crippen LogP contribution in [0.5, 0.6) is 5.75 Å². The van der Waals surface area contributed by atoms with Crippen molar-refractivity contribution in [2.24, 2.45) is 5.92 Å². The highest BCUT2D eigenvalue weighted by atomic mass is 35.5. The minimum atomic E-state index is -3.84. The summed E-state index contributed by atoms with van der Waals surface area (Å²) in [6.07, 6.45) is 2.54. The molecule has 2 aromatic carbocycles. The van der Waals surface area contributed by atoms with Crippen molar-refractivity contribution >= 4 is 39.1 Å². The first-order chi connectivity index (χ1) is 22.2. The number of benzene rings is 2. The Labute approximate surface area is 285 Å². The monoisotopic (exact) mass is 694 g/mol. The van der Waals surface area contributed by atoms with Crippen LogP contribution < -0.4 is 10.1 Å². The molecule has 0 radical (unpaired) electrons. The van der Waals surface area contributed by atoms with Crippen LogP contribution in [0.3, 0.4) is 0 Å². The smallest absolute Gasteiger partial charge is 0.258 e. The highest BCUT2D eigenvalue weighted by molar-refractivity contribution is 7.89. The van der Waals surface area contributed by atoms with Gasteiger partial charge in [-0.05, 0) is 103 Å². The number of aliphatic hydroxyl groups is 1. The lowest BCUT2D eigenvalue weighted by atomic mass is 10.0. The van der Waals surface area contributed by atoms with Crippen LogP contribution in [0, 0.1) is 5.92 Å². The van der Waals surface area contributed by atoms with Gasteiger partial charge in [-0.25, -0.2) is 8.42 Å². The van der Waals surface area contributed by atoms with E-state index in [0.717, 1.165) is 19.4 Å². The molecule has 4 atom stereocenters. The second-order valence-corrected chi connectivity index (χ2v) is 15.2. The Kier molecular flexibility index (Phi) is 14.9. The molecule has 0 aliphatic carbocycles. The molecular weight excluding hydrogens is 644 g/mol. The van der Waals surface area contributed by atoms with Crippen molar-refractivity contribution in [3.63, 3.8) is 0 Å². The highest BCUT2D eigenvalue weighted by Crippen LogP contribution is 2.29. The second kappa shape index (κ2) is 18.1. The van der Waals surface area contributed by atoms with Gasteiger partial charge in [-0.1, -0.05) is 18.5 Å². The third-order valence-electron chi connectivity index (χ3n) is 8.30. The maximum Gasteiger partial charge on any atom is 0.258 e. The minimum absolute atomic E-state index is 0.0573. The van der Waals surface area contributed by atoms with Gasteiger partial charge in [-0.15, -0.1) is 0 Å². The molecule has 11 nitrogen and oxygen atoms in total. The van der Waals surface area contributed by atoms with Gasteiger partial charge in [0.2, 0.25) is 15.9 Å². The molecular formula is C34H51ClN4O7S. The Bertz CT molecular complexity index is 1420. The normalized spacial score (nSPS) is 20.8. The van der Waals surface area contributed by atoms with E-state index in [2.05, 4.69) is 5.32 Å². The molecule has 1 aliphatic rings. The lowest BCUT2D eigenvalue weighted by molar-refractivity contribution is -0.116. The van der Waals surface area contributed by atoms with Crippen molar-refractivity contribution in [1.82, 2.24) is 14.1 Å². The summed E-state index contributed by atoms with van der Waals surface area (Å²) in [5.74, 6) is -0.445. The molecule has 0 bridgehead atoms. The first-order valence-corrected chi connectivity index (χ1v) is 18.0. The second-order valence-electron chi connectivity index (χ2n) is 12.7. The fourth-order valence-corrected chi connectivity index (χ4v) is 6.69. The van der Waals surface area contributed by atoms with Crippen LogP contribution in [0.4, 0.5) is 5.69 Å². The van der Waals surface area contributed by atoms with E-state index in [9.17, 15) is 23.1 Å². The molecule has 1 heterocycles. The van der Waals surface area contributed by atoms with Gasteiger partial charge >= 0.3 is 0 Å². The molecule has 0 aromatic heterocycles. The maximum absolute atomic E-state index is 14.3. The number of halogens is 1. The number of ether oxygens (including phenoxy) is 2. The van der Waals surface area contributed by atoms with Gasteiger partial charge in [0.05, 0.1) is 35.3 Å². The van der Waals surface area contributed by atoms with Crippen molar-refractivity contribution < 1.29 is 32.6 Å². The topological polar surface area (TPSA) is 129 Å². The molecule has 0 saturated carbocycles. The molecule has 0 saturated heterocycles. The van der Waals surface area contributed by atoms with Crippen molar-refractivity contribution in [3.05, 3.63) is 53.1 Å². The number of amides is 2. The molecule has 0 fully saturated rings. The molecule has 2 N–H and O–H groups in total. The molecule has 0 unspecified atom stereocenters. The van der Waals surface area contributed by atoms with Crippen molar-refractivity contribution in [2.75, 3.05) is 59.3 Å². The van der Waals surface area contributed by atoms with E-state index in [1.54, 1.807) is 30.0 Å². The number of rotatable bonds is 11. The fourth-order valence-electron chi connectivity index (χ4n) is 5.38. The SMILES string of the molecule is C[C@@H]1CCCCO[C@@H](CN(C)S(=O)(=O)c2ccc(Cl)cc2)[C@@H](C)CN([C@@H](C)CO)C(=O)c2cc(NC(=O)CCCN(C)C)ccc2O1. The zero-order valence-corrected chi connectivity index (χ0v) is 30.0.